The van der Waals surface area contributed by atoms with Crippen LogP contribution in [0.2, 0.25) is 0 Å². The predicted molar refractivity (Wildman–Crippen MR) is 107 cm³/mol. The quantitative estimate of drug-likeness (QED) is 0.619. The molecule has 162 valence electrons. The van der Waals surface area contributed by atoms with Gasteiger partial charge in [0.1, 0.15) is 6.54 Å². The molecule has 1 amide bonds. The van der Waals surface area contributed by atoms with Crippen LogP contribution in [-0.2, 0) is 11.3 Å². The molecule has 0 saturated carbocycles. The number of aryl methyl sites for hydroxylation is 2. The fourth-order valence-electron chi connectivity index (χ4n) is 3.23. The zero-order valence-corrected chi connectivity index (χ0v) is 17.1. The van der Waals surface area contributed by atoms with Crippen LogP contribution in [0.3, 0.4) is 0 Å². The number of carbonyl (C=O) groups excluding carboxylic acids is 1. The molecule has 1 aliphatic rings. The van der Waals surface area contributed by atoms with Gasteiger partial charge in [0.05, 0.1) is 0 Å². The highest BCUT2D eigenvalue weighted by Gasteiger charge is 2.43. The standard InChI is InChI=1S/C20H20F2N6O3/c1-4-23-17(29)10-28-18(13-7-11(2)24-12(3)8-13)26-19(27-28)25-14-5-6-15-16(9-14)31-20(21,22)30-15/h5-9H,4,10H2,1-3H3,(H,23,29)(H,25,27). The first-order chi connectivity index (χ1) is 14.7. The van der Waals surface area contributed by atoms with Crippen molar-refractivity contribution in [2.45, 2.75) is 33.6 Å². The van der Waals surface area contributed by atoms with E-state index in [0.717, 1.165) is 17.0 Å². The summed E-state index contributed by atoms with van der Waals surface area (Å²) in [5.74, 6) is 0.283. The number of benzene rings is 1. The smallest absolute Gasteiger partial charge is 0.395 e. The second kappa shape index (κ2) is 7.82. The van der Waals surface area contributed by atoms with Crippen LogP contribution < -0.4 is 20.1 Å². The Morgan fingerprint density at radius 3 is 2.52 bits per heavy atom. The van der Waals surface area contributed by atoms with Gasteiger partial charge in [-0.2, -0.15) is 4.98 Å². The number of alkyl halides is 2. The second-order valence-corrected chi connectivity index (χ2v) is 6.96. The van der Waals surface area contributed by atoms with Crippen molar-refractivity contribution in [2.75, 3.05) is 11.9 Å². The number of hydrogen-bond acceptors (Lipinski definition) is 7. The SMILES string of the molecule is CCNC(=O)Cn1nc(Nc2ccc3c(c2)OC(F)(F)O3)nc1-c1cc(C)nc(C)c1. The summed E-state index contributed by atoms with van der Waals surface area (Å²) in [5.41, 5.74) is 2.77. The third kappa shape index (κ3) is 4.55. The molecule has 3 aromatic rings. The average Bonchev–Trinajstić information content (AvgIpc) is 3.19. The summed E-state index contributed by atoms with van der Waals surface area (Å²) in [7, 11) is 0. The number of halogens is 2. The Morgan fingerprint density at radius 1 is 1.10 bits per heavy atom. The molecule has 1 aromatic carbocycles. The van der Waals surface area contributed by atoms with E-state index in [9.17, 15) is 13.6 Å². The van der Waals surface area contributed by atoms with Gasteiger partial charge in [-0.25, -0.2) is 4.68 Å². The number of aromatic nitrogens is 4. The summed E-state index contributed by atoms with van der Waals surface area (Å²) in [6, 6.07) is 7.95. The molecular weight excluding hydrogens is 410 g/mol. The topological polar surface area (TPSA) is 103 Å². The number of carbonyl (C=O) groups is 1. The van der Waals surface area contributed by atoms with E-state index in [4.69, 9.17) is 0 Å². The van der Waals surface area contributed by atoms with Gasteiger partial charge in [-0.1, -0.05) is 0 Å². The Hall–Kier alpha value is -3.76. The van der Waals surface area contributed by atoms with Gasteiger partial charge in [0, 0.05) is 35.2 Å². The van der Waals surface area contributed by atoms with E-state index in [-0.39, 0.29) is 29.9 Å². The fraction of sp³-hybridized carbons (Fsp3) is 0.300. The molecule has 2 aromatic heterocycles. The summed E-state index contributed by atoms with van der Waals surface area (Å²) < 4.78 is 36.9. The highest BCUT2D eigenvalue weighted by molar-refractivity contribution is 5.76. The number of amides is 1. The lowest BCUT2D eigenvalue weighted by Gasteiger charge is -2.07. The van der Waals surface area contributed by atoms with Gasteiger partial charge < -0.3 is 20.1 Å². The lowest BCUT2D eigenvalue weighted by molar-refractivity contribution is -0.286. The van der Waals surface area contributed by atoms with Crippen LogP contribution >= 0.6 is 0 Å². The number of rotatable bonds is 6. The lowest BCUT2D eigenvalue weighted by Crippen LogP contribution is -2.27. The third-order valence-electron chi connectivity index (χ3n) is 4.34. The molecule has 4 rings (SSSR count). The van der Waals surface area contributed by atoms with E-state index in [0.29, 0.717) is 18.1 Å². The molecule has 0 bridgehead atoms. The minimum absolute atomic E-state index is 0.0361. The lowest BCUT2D eigenvalue weighted by atomic mass is 10.2. The zero-order chi connectivity index (χ0) is 22.2. The average molecular weight is 430 g/mol. The van der Waals surface area contributed by atoms with E-state index in [1.807, 2.05) is 32.9 Å². The molecule has 9 nitrogen and oxygen atoms in total. The molecule has 0 fully saturated rings. The monoisotopic (exact) mass is 430 g/mol. The summed E-state index contributed by atoms with van der Waals surface area (Å²) in [4.78, 5) is 21.0. The first-order valence-electron chi connectivity index (χ1n) is 9.56. The third-order valence-corrected chi connectivity index (χ3v) is 4.34. The highest BCUT2D eigenvalue weighted by Crippen LogP contribution is 2.42. The maximum atomic E-state index is 13.3. The fourth-order valence-corrected chi connectivity index (χ4v) is 3.23. The number of ether oxygens (including phenoxy) is 2. The molecule has 2 N–H and O–H groups in total. The first-order valence-corrected chi connectivity index (χ1v) is 9.56. The van der Waals surface area contributed by atoms with Crippen molar-refractivity contribution >= 4 is 17.5 Å². The Balaban J connectivity index is 1.66. The van der Waals surface area contributed by atoms with E-state index < -0.39 is 6.29 Å². The van der Waals surface area contributed by atoms with Crippen LogP contribution in [0.25, 0.3) is 11.4 Å². The summed E-state index contributed by atoms with van der Waals surface area (Å²) in [6.07, 6.45) is -3.70. The van der Waals surface area contributed by atoms with E-state index >= 15 is 0 Å². The molecule has 0 atom stereocenters. The summed E-state index contributed by atoms with van der Waals surface area (Å²) >= 11 is 0. The van der Waals surface area contributed by atoms with Crippen molar-refractivity contribution in [2.24, 2.45) is 0 Å². The van der Waals surface area contributed by atoms with Gasteiger partial charge in [0.25, 0.3) is 0 Å². The zero-order valence-electron chi connectivity index (χ0n) is 17.1. The van der Waals surface area contributed by atoms with Gasteiger partial charge in [-0.15, -0.1) is 13.9 Å². The molecule has 0 saturated heterocycles. The number of fused-ring (bicyclic) bond motifs is 1. The number of hydrogen-bond donors (Lipinski definition) is 2. The maximum absolute atomic E-state index is 13.3. The van der Waals surface area contributed by atoms with Crippen molar-refractivity contribution in [3.63, 3.8) is 0 Å². The van der Waals surface area contributed by atoms with Gasteiger partial charge >= 0.3 is 6.29 Å². The Kier molecular flexibility index (Phi) is 5.17. The van der Waals surface area contributed by atoms with Crippen LogP contribution in [0.4, 0.5) is 20.4 Å². The van der Waals surface area contributed by atoms with Crippen molar-refractivity contribution in [3.8, 4) is 22.9 Å². The van der Waals surface area contributed by atoms with Crippen molar-refractivity contribution < 1.29 is 23.0 Å². The minimum atomic E-state index is -3.70. The molecule has 1 aliphatic heterocycles. The minimum Gasteiger partial charge on any atom is -0.395 e. The van der Waals surface area contributed by atoms with Crippen molar-refractivity contribution in [1.82, 2.24) is 25.1 Å². The molecular formula is C20H20F2N6O3. The Morgan fingerprint density at radius 2 is 1.81 bits per heavy atom. The number of pyridine rings is 1. The number of nitrogens with zero attached hydrogens (tertiary/aromatic N) is 4. The first kappa shape index (κ1) is 20.5. The van der Waals surface area contributed by atoms with Crippen molar-refractivity contribution in [3.05, 3.63) is 41.7 Å². The van der Waals surface area contributed by atoms with Crippen LogP contribution in [0, 0.1) is 13.8 Å². The summed E-state index contributed by atoms with van der Waals surface area (Å²) in [5, 5.41) is 10.1. The van der Waals surface area contributed by atoms with E-state index in [1.165, 1.54) is 22.9 Å². The largest absolute Gasteiger partial charge is 0.586 e. The van der Waals surface area contributed by atoms with Crippen LogP contribution in [0.5, 0.6) is 11.5 Å². The highest BCUT2D eigenvalue weighted by atomic mass is 19.3. The molecule has 11 heteroatoms. The molecule has 0 radical (unpaired) electrons. The van der Waals surface area contributed by atoms with Gasteiger partial charge in [-0.3, -0.25) is 9.78 Å². The Bertz CT molecular complexity index is 1130. The molecule has 0 aliphatic carbocycles. The van der Waals surface area contributed by atoms with Gasteiger partial charge in [0.15, 0.2) is 17.3 Å². The second-order valence-electron chi connectivity index (χ2n) is 6.96. The molecule has 0 spiro atoms. The van der Waals surface area contributed by atoms with Crippen LogP contribution in [-0.4, -0.2) is 38.5 Å². The van der Waals surface area contributed by atoms with Crippen LogP contribution in [0.15, 0.2) is 30.3 Å². The maximum Gasteiger partial charge on any atom is 0.586 e. The molecule has 31 heavy (non-hydrogen) atoms. The number of likely N-dealkylation sites (N-methyl/N-ethyl adjacent to an activating group) is 1. The van der Waals surface area contributed by atoms with Gasteiger partial charge in [-0.05, 0) is 45.0 Å². The van der Waals surface area contributed by atoms with Gasteiger partial charge in [0.2, 0.25) is 11.9 Å². The van der Waals surface area contributed by atoms with E-state index in [1.54, 1.807) is 0 Å². The number of anilines is 2. The normalized spacial score (nSPS) is 13.8. The molecule has 0 unspecified atom stereocenters. The van der Waals surface area contributed by atoms with Crippen molar-refractivity contribution in [1.29, 1.82) is 0 Å². The van der Waals surface area contributed by atoms with E-state index in [2.05, 4.69) is 35.2 Å². The van der Waals surface area contributed by atoms with Crippen LogP contribution in [0.1, 0.15) is 18.3 Å². The molecule has 3 heterocycles. The Labute approximate surface area is 176 Å². The summed E-state index contributed by atoms with van der Waals surface area (Å²) in [6.45, 7) is 6.01. The number of nitrogens with one attached hydrogen (secondary N) is 2. The predicted octanol–water partition coefficient (Wildman–Crippen LogP) is 3.16.